The van der Waals surface area contributed by atoms with Crippen LogP contribution in [0.15, 0.2) is 27.1 Å². The van der Waals surface area contributed by atoms with Crippen molar-refractivity contribution in [2.24, 2.45) is 0 Å². The molecule has 0 aromatic heterocycles. The van der Waals surface area contributed by atoms with Gasteiger partial charge < -0.3 is 0 Å². The highest BCUT2D eigenvalue weighted by atomic mass is 79.9. The van der Waals surface area contributed by atoms with Crippen molar-refractivity contribution < 1.29 is 12.6 Å². The maximum atomic E-state index is 10.8. The van der Waals surface area contributed by atoms with Gasteiger partial charge >= 0.3 is 0 Å². The topological polar surface area (TPSA) is 43.4 Å². The Balaban J connectivity index is 2.87. The molecule has 0 heterocycles. The lowest BCUT2D eigenvalue weighted by atomic mass is 10.2. The van der Waals surface area contributed by atoms with E-state index in [1.807, 2.05) is 18.2 Å². The van der Waals surface area contributed by atoms with Crippen LogP contribution in [0.3, 0.4) is 0 Å². The molecule has 1 rings (SSSR count). The smallest absolute Gasteiger partial charge is 0.264 e. The third-order valence-electron chi connectivity index (χ3n) is 1.48. The van der Waals surface area contributed by atoms with Gasteiger partial charge in [0.05, 0.1) is 12.9 Å². The average molecular weight is 344 g/mol. The molecular weight excluding hydrogens is 336 g/mol. The van der Waals surface area contributed by atoms with Gasteiger partial charge in [-0.1, -0.05) is 37.9 Å². The van der Waals surface area contributed by atoms with Gasteiger partial charge in [0, 0.05) is 14.5 Å². The minimum Gasteiger partial charge on any atom is -0.265 e. The summed E-state index contributed by atoms with van der Waals surface area (Å²) >= 11 is 6.62. The van der Waals surface area contributed by atoms with Gasteiger partial charge in [-0.25, -0.2) is 0 Å². The second-order valence-corrected chi connectivity index (χ2v) is 6.02. The van der Waals surface area contributed by atoms with E-state index in [9.17, 15) is 8.42 Å². The normalized spacial score (nSPS) is 11.6. The van der Waals surface area contributed by atoms with Gasteiger partial charge in [0.25, 0.3) is 10.1 Å². The molecule has 1 aromatic carbocycles. The van der Waals surface area contributed by atoms with Crippen LogP contribution in [0.5, 0.6) is 0 Å². The van der Waals surface area contributed by atoms with Gasteiger partial charge in [0.1, 0.15) is 0 Å². The molecule has 0 aliphatic rings. The fourth-order valence-electron chi connectivity index (χ4n) is 0.836. The fourth-order valence-corrected chi connectivity index (χ4v) is 2.40. The van der Waals surface area contributed by atoms with E-state index in [4.69, 9.17) is 0 Å². The summed E-state index contributed by atoms with van der Waals surface area (Å²) in [6.07, 6.45) is 1.03. The zero-order valence-corrected chi connectivity index (χ0v) is 11.3. The Kier molecular flexibility index (Phi) is 4.12. The molecule has 0 saturated carbocycles. The molecule has 6 heteroatoms. The lowest BCUT2D eigenvalue weighted by molar-refractivity contribution is 0.310. The second-order valence-electron chi connectivity index (χ2n) is 2.67. The van der Waals surface area contributed by atoms with Gasteiger partial charge in [-0.15, -0.1) is 0 Å². The van der Waals surface area contributed by atoms with Gasteiger partial charge in [0.15, 0.2) is 0 Å². The first kappa shape index (κ1) is 12.2. The molecule has 0 unspecified atom stereocenters. The van der Waals surface area contributed by atoms with Gasteiger partial charge in [0.2, 0.25) is 0 Å². The van der Waals surface area contributed by atoms with Crippen LogP contribution >= 0.6 is 31.9 Å². The summed E-state index contributed by atoms with van der Waals surface area (Å²) in [4.78, 5) is 0. The molecule has 0 radical (unpaired) electrons. The molecule has 0 amide bonds. The standard InChI is InChI=1S/C8H8Br2O3S/c1-14(11,12)13-5-6-7(9)3-2-4-8(6)10/h2-4H,5H2,1H3. The van der Waals surface area contributed by atoms with Crippen molar-refractivity contribution in [2.45, 2.75) is 6.61 Å². The summed E-state index contributed by atoms with van der Waals surface area (Å²) in [5.74, 6) is 0. The van der Waals surface area contributed by atoms with Crippen molar-refractivity contribution in [3.05, 3.63) is 32.7 Å². The first-order valence-electron chi connectivity index (χ1n) is 3.67. The largest absolute Gasteiger partial charge is 0.265 e. The second kappa shape index (κ2) is 4.74. The molecule has 0 bridgehead atoms. The van der Waals surface area contributed by atoms with Crippen LogP contribution in [0.25, 0.3) is 0 Å². The van der Waals surface area contributed by atoms with Crippen LogP contribution in [0.4, 0.5) is 0 Å². The molecule has 0 fully saturated rings. The molecule has 1 aromatic rings. The Morgan fingerprint density at radius 1 is 1.29 bits per heavy atom. The molecule has 0 N–H and O–H groups in total. The van der Waals surface area contributed by atoms with E-state index in [0.717, 1.165) is 20.8 Å². The molecule has 3 nitrogen and oxygen atoms in total. The predicted octanol–water partition coefficient (Wildman–Crippen LogP) is 2.69. The highest BCUT2D eigenvalue weighted by Gasteiger charge is 2.08. The van der Waals surface area contributed by atoms with E-state index in [0.29, 0.717) is 0 Å². The fraction of sp³-hybridized carbons (Fsp3) is 0.250. The zero-order chi connectivity index (χ0) is 10.8. The summed E-state index contributed by atoms with van der Waals surface area (Å²) in [7, 11) is -3.40. The monoisotopic (exact) mass is 342 g/mol. The van der Waals surface area contributed by atoms with Crippen molar-refractivity contribution in [2.75, 3.05) is 6.26 Å². The van der Waals surface area contributed by atoms with Crippen LogP contribution in [-0.2, 0) is 20.9 Å². The van der Waals surface area contributed by atoms with Crippen molar-refractivity contribution in [3.63, 3.8) is 0 Å². The summed E-state index contributed by atoms with van der Waals surface area (Å²) in [5.41, 5.74) is 0.776. The molecule has 0 atom stereocenters. The minimum absolute atomic E-state index is 0.0286. The number of hydrogen-bond acceptors (Lipinski definition) is 3. The number of rotatable bonds is 3. The van der Waals surface area contributed by atoms with Crippen molar-refractivity contribution >= 4 is 42.0 Å². The minimum atomic E-state index is -3.40. The van der Waals surface area contributed by atoms with Gasteiger partial charge in [-0.3, -0.25) is 4.18 Å². The lowest BCUT2D eigenvalue weighted by Crippen LogP contribution is -2.03. The Hall–Kier alpha value is 0.0900. The molecule has 78 valence electrons. The highest BCUT2D eigenvalue weighted by Crippen LogP contribution is 2.26. The van der Waals surface area contributed by atoms with Crippen molar-refractivity contribution in [1.82, 2.24) is 0 Å². The quantitative estimate of drug-likeness (QED) is 0.792. The maximum Gasteiger partial charge on any atom is 0.264 e. The first-order valence-corrected chi connectivity index (χ1v) is 7.07. The third kappa shape index (κ3) is 3.68. The molecule has 0 saturated heterocycles. The van der Waals surface area contributed by atoms with Gasteiger partial charge in [-0.05, 0) is 12.1 Å². The average Bonchev–Trinajstić information content (AvgIpc) is 2.01. The molecule has 0 spiro atoms. The van der Waals surface area contributed by atoms with Crippen LogP contribution in [0.1, 0.15) is 5.56 Å². The number of hydrogen-bond donors (Lipinski definition) is 0. The Labute approximate surface area is 99.8 Å². The summed E-state index contributed by atoms with van der Waals surface area (Å²) < 4.78 is 27.9. The number of benzene rings is 1. The third-order valence-corrected chi connectivity index (χ3v) is 3.51. The zero-order valence-electron chi connectivity index (χ0n) is 7.33. The first-order chi connectivity index (χ1) is 6.40. The Morgan fingerprint density at radius 2 is 1.79 bits per heavy atom. The Bertz CT molecular complexity index is 408. The molecule has 0 aliphatic heterocycles. The van der Waals surface area contributed by atoms with Crippen LogP contribution in [0.2, 0.25) is 0 Å². The highest BCUT2D eigenvalue weighted by molar-refractivity contribution is 9.11. The van der Waals surface area contributed by atoms with Crippen LogP contribution < -0.4 is 0 Å². The van der Waals surface area contributed by atoms with Gasteiger partial charge in [-0.2, -0.15) is 8.42 Å². The Morgan fingerprint density at radius 3 is 2.21 bits per heavy atom. The van der Waals surface area contributed by atoms with Crippen molar-refractivity contribution in [1.29, 1.82) is 0 Å². The van der Waals surface area contributed by atoms with E-state index < -0.39 is 10.1 Å². The molecular formula is C8H8Br2O3S. The van der Waals surface area contributed by atoms with E-state index >= 15 is 0 Å². The predicted molar refractivity (Wildman–Crippen MR) is 61.5 cm³/mol. The van der Waals surface area contributed by atoms with E-state index in [2.05, 4.69) is 36.0 Å². The number of halogens is 2. The van der Waals surface area contributed by atoms with E-state index in [1.165, 1.54) is 0 Å². The van der Waals surface area contributed by atoms with E-state index in [1.54, 1.807) is 0 Å². The summed E-state index contributed by atoms with van der Waals surface area (Å²) in [6, 6.07) is 5.50. The van der Waals surface area contributed by atoms with Crippen molar-refractivity contribution in [3.8, 4) is 0 Å². The van der Waals surface area contributed by atoms with Crippen LogP contribution in [-0.4, -0.2) is 14.7 Å². The maximum absolute atomic E-state index is 10.8. The van der Waals surface area contributed by atoms with Crippen LogP contribution in [0, 0.1) is 0 Å². The molecule has 0 aliphatic carbocycles. The van der Waals surface area contributed by atoms with E-state index in [-0.39, 0.29) is 6.61 Å². The summed E-state index contributed by atoms with van der Waals surface area (Å²) in [6.45, 7) is 0.0286. The SMILES string of the molecule is CS(=O)(=O)OCc1c(Br)cccc1Br. The molecule has 14 heavy (non-hydrogen) atoms. The lowest BCUT2D eigenvalue weighted by Gasteiger charge is -2.06. The summed E-state index contributed by atoms with van der Waals surface area (Å²) in [5, 5.41) is 0.